The van der Waals surface area contributed by atoms with Gasteiger partial charge in [0.15, 0.2) is 0 Å². The molecule has 0 aliphatic carbocycles. The van der Waals surface area contributed by atoms with Gasteiger partial charge in [0.1, 0.15) is 11.9 Å². The fourth-order valence-electron chi connectivity index (χ4n) is 1.85. The van der Waals surface area contributed by atoms with E-state index in [-0.39, 0.29) is 18.8 Å². The van der Waals surface area contributed by atoms with Gasteiger partial charge in [-0.05, 0) is 36.6 Å². The van der Waals surface area contributed by atoms with Crippen molar-refractivity contribution in [3.63, 3.8) is 0 Å². The summed E-state index contributed by atoms with van der Waals surface area (Å²) in [6, 6.07) is 2.68. The molecule has 0 aromatic heterocycles. The van der Waals surface area contributed by atoms with E-state index in [2.05, 4.69) is 10.6 Å². The number of aliphatic carboxylic acids is 1. The predicted octanol–water partition coefficient (Wildman–Crippen LogP) is 0.811. The molecule has 6 nitrogen and oxygen atoms in total. The zero-order chi connectivity index (χ0) is 15.8. The van der Waals surface area contributed by atoms with Gasteiger partial charge in [-0.25, -0.2) is 14.0 Å². The average molecular weight is 298 g/mol. The third-order valence-corrected chi connectivity index (χ3v) is 3.01. The Balaban J connectivity index is 2.41. The Hall–Kier alpha value is -2.15. The highest BCUT2D eigenvalue weighted by Crippen LogP contribution is 2.10. The molecule has 4 N–H and O–H groups in total. The number of aliphatic hydroxyl groups excluding tert-OH is 1. The fraction of sp³-hybridized carbons (Fsp3) is 0.429. The van der Waals surface area contributed by atoms with Crippen molar-refractivity contribution in [2.24, 2.45) is 0 Å². The van der Waals surface area contributed by atoms with Crippen LogP contribution in [0.5, 0.6) is 0 Å². The van der Waals surface area contributed by atoms with Crippen molar-refractivity contribution in [1.29, 1.82) is 0 Å². The molecule has 0 fully saturated rings. The fourth-order valence-corrected chi connectivity index (χ4v) is 1.85. The molecular weight excluding hydrogens is 279 g/mol. The van der Waals surface area contributed by atoms with Crippen molar-refractivity contribution < 1.29 is 24.2 Å². The highest BCUT2D eigenvalue weighted by molar-refractivity contribution is 5.82. The van der Waals surface area contributed by atoms with Gasteiger partial charge in [0.25, 0.3) is 0 Å². The quantitative estimate of drug-likeness (QED) is 0.598. The van der Waals surface area contributed by atoms with Gasteiger partial charge < -0.3 is 20.8 Å². The number of hydrogen-bond acceptors (Lipinski definition) is 3. The van der Waals surface area contributed by atoms with E-state index in [1.165, 1.54) is 12.1 Å². The molecule has 2 amide bonds. The number of carboxylic acid groups (broad SMARTS) is 1. The normalized spacial score (nSPS) is 11.8. The summed E-state index contributed by atoms with van der Waals surface area (Å²) < 4.78 is 12.9. The monoisotopic (exact) mass is 298 g/mol. The van der Waals surface area contributed by atoms with Crippen LogP contribution in [-0.4, -0.2) is 41.4 Å². The number of halogens is 1. The number of benzene rings is 1. The minimum Gasteiger partial charge on any atom is -0.480 e. The molecule has 0 heterocycles. The molecule has 0 aliphatic rings. The molecule has 0 aliphatic heterocycles. The lowest BCUT2D eigenvalue weighted by Crippen LogP contribution is -2.46. The molecule has 1 atom stereocenters. The van der Waals surface area contributed by atoms with Gasteiger partial charge in [-0.3, -0.25) is 0 Å². The summed E-state index contributed by atoms with van der Waals surface area (Å²) >= 11 is 0. The van der Waals surface area contributed by atoms with E-state index in [1.54, 1.807) is 13.0 Å². The summed E-state index contributed by atoms with van der Waals surface area (Å²) in [5.74, 6) is -1.51. The predicted molar refractivity (Wildman–Crippen MR) is 74.5 cm³/mol. The number of rotatable bonds is 7. The summed E-state index contributed by atoms with van der Waals surface area (Å²) in [6.07, 6.45) is 0.455. The second kappa shape index (κ2) is 8.21. The molecule has 0 saturated heterocycles. The van der Waals surface area contributed by atoms with E-state index in [4.69, 9.17) is 10.2 Å². The van der Waals surface area contributed by atoms with Gasteiger partial charge in [-0.15, -0.1) is 0 Å². The number of amides is 2. The molecule has 0 radical (unpaired) electrons. The molecule has 1 rings (SSSR count). The van der Waals surface area contributed by atoms with Crippen molar-refractivity contribution in [2.75, 3.05) is 13.2 Å². The third-order valence-electron chi connectivity index (χ3n) is 3.01. The van der Waals surface area contributed by atoms with Crippen molar-refractivity contribution in [1.82, 2.24) is 10.6 Å². The number of aliphatic hydroxyl groups is 1. The van der Waals surface area contributed by atoms with E-state index >= 15 is 0 Å². The van der Waals surface area contributed by atoms with Gasteiger partial charge in [0, 0.05) is 19.6 Å². The number of nitrogens with one attached hydrogen (secondary N) is 2. The zero-order valence-electron chi connectivity index (χ0n) is 11.7. The van der Waals surface area contributed by atoms with Crippen LogP contribution in [0.3, 0.4) is 0 Å². The van der Waals surface area contributed by atoms with E-state index in [0.29, 0.717) is 13.0 Å². The van der Waals surface area contributed by atoms with E-state index < -0.39 is 18.0 Å². The topological polar surface area (TPSA) is 98.7 Å². The molecule has 1 aromatic rings. The standard InChI is InChI=1S/C14H19FN2O4/c1-9-8-11(15)3-2-10(9)4-6-16-14(21)17-12(5-7-18)13(19)20/h2-3,8,12,18H,4-7H2,1H3,(H,19,20)(H2,16,17,21)/t12-/m1/s1. The van der Waals surface area contributed by atoms with Gasteiger partial charge in [-0.2, -0.15) is 0 Å². The third kappa shape index (κ3) is 5.78. The number of carboxylic acids is 1. The summed E-state index contributed by atoms with van der Waals surface area (Å²) in [5, 5.41) is 22.3. The molecule has 1 aromatic carbocycles. The second-order valence-corrected chi connectivity index (χ2v) is 4.62. The Bertz CT molecular complexity index is 508. The number of urea groups is 1. The summed E-state index contributed by atoms with van der Waals surface area (Å²) in [7, 11) is 0. The number of aryl methyl sites for hydroxylation is 1. The van der Waals surface area contributed by atoms with Crippen molar-refractivity contribution >= 4 is 12.0 Å². The van der Waals surface area contributed by atoms with Crippen LogP contribution in [0.4, 0.5) is 9.18 Å². The lowest BCUT2D eigenvalue weighted by atomic mass is 10.1. The van der Waals surface area contributed by atoms with Crippen LogP contribution in [0, 0.1) is 12.7 Å². The van der Waals surface area contributed by atoms with Crippen molar-refractivity contribution in [3.8, 4) is 0 Å². The van der Waals surface area contributed by atoms with Crippen LogP contribution in [0.1, 0.15) is 17.5 Å². The van der Waals surface area contributed by atoms with Crippen LogP contribution in [0.2, 0.25) is 0 Å². The maximum absolute atomic E-state index is 12.9. The Labute approximate surface area is 122 Å². The smallest absolute Gasteiger partial charge is 0.326 e. The maximum Gasteiger partial charge on any atom is 0.326 e. The Morgan fingerprint density at radius 2 is 2.10 bits per heavy atom. The molecule has 21 heavy (non-hydrogen) atoms. The Kier molecular flexibility index (Phi) is 6.61. The minimum absolute atomic E-state index is 0.0557. The molecule has 116 valence electrons. The number of carbonyl (C=O) groups is 2. The van der Waals surface area contributed by atoms with Crippen molar-refractivity contribution in [2.45, 2.75) is 25.8 Å². The molecule has 7 heteroatoms. The first kappa shape index (κ1) is 16.9. The Morgan fingerprint density at radius 3 is 2.67 bits per heavy atom. The SMILES string of the molecule is Cc1cc(F)ccc1CCNC(=O)N[C@H](CCO)C(=O)O. The maximum atomic E-state index is 12.9. The first-order valence-electron chi connectivity index (χ1n) is 6.57. The van der Waals surface area contributed by atoms with Gasteiger partial charge in [0.05, 0.1) is 0 Å². The Morgan fingerprint density at radius 1 is 1.38 bits per heavy atom. The summed E-state index contributed by atoms with van der Waals surface area (Å²) in [4.78, 5) is 22.3. The zero-order valence-corrected chi connectivity index (χ0v) is 11.7. The van der Waals surface area contributed by atoms with Crippen molar-refractivity contribution in [3.05, 3.63) is 35.1 Å². The highest BCUT2D eigenvalue weighted by Gasteiger charge is 2.18. The average Bonchev–Trinajstić information content (AvgIpc) is 2.40. The van der Waals surface area contributed by atoms with E-state index in [0.717, 1.165) is 11.1 Å². The van der Waals surface area contributed by atoms with Crippen LogP contribution >= 0.6 is 0 Å². The lowest BCUT2D eigenvalue weighted by molar-refractivity contribution is -0.139. The molecule has 0 saturated carbocycles. The van der Waals surface area contributed by atoms with Crippen LogP contribution in [0.15, 0.2) is 18.2 Å². The van der Waals surface area contributed by atoms with Gasteiger partial charge in [0.2, 0.25) is 0 Å². The first-order chi connectivity index (χ1) is 9.93. The van der Waals surface area contributed by atoms with Crippen LogP contribution < -0.4 is 10.6 Å². The minimum atomic E-state index is -1.20. The van der Waals surface area contributed by atoms with Crippen LogP contribution in [0.25, 0.3) is 0 Å². The van der Waals surface area contributed by atoms with E-state index in [1.807, 2.05) is 0 Å². The molecule has 0 bridgehead atoms. The molecular formula is C14H19FN2O4. The number of carbonyl (C=O) groups excluding carboxylic acids is 1. The van der Waals surface area contributed by atoms with Gasteiger partial charge in [-0.1, -0.05) is 6.07 Å². The number of hydrogen-bond donors (Lipinski definition) is 4. The summed E-state index contributed by atoms with van der Waals surface area (Å²) in [5.41, 5.74) is 1.70. The molecule has 0 spiro atoms. The van der Waals surface area contributed by atoms with Crippen LogP contribution in [-0.2, 0) is 11.2 Å². The van der Waals surface area contributed by atoms with Gasteiger partial charge >= 0.3 is 12.0 Å². The highest BCUT2D eigenvalue weighted by atomic mass is 19.1. The lowest BCUT2D eigenvalue weighted by Gasteiger charge is -2.14. The molecule has 0 unspecified atom stereocenters. The second-order valence-electron chi connectivity index (χ2n) is 4.62. The first-order valence-corrected chi connectivity index (χ1v) is 6.57. The summed E-state index contributed by atoms with van der Waals surface area (Å²) in [6.45, 7) is 1.75. The largest absolute Gasteiger partial charge is 0.480 e. The van der Waals surface area contributed by atoms with E-state index in [9.17, 15) is 14.0 Å².